The molecular weight excluding hydrogens is 324 g/mol. The van der Waals surface area contributed by atoms with E-state index in [0.717, 1.165) is 0 Å². The van der Waals surface area contributed by atoms with Gasteiger partial charge in [0.15, 0.2) is 0 Å². The van der Waals surface area contributed by atoms with E-state index >= 15 is 0 Å². The fraction of sp³-hybridized carbons (Fsp3) is 0.500. The summed E-state index contributed by atoms with van der Waals surface area (Å²) in [6.45, 7) is -0.341. The number of H-pyrrole nitrogens is 1. The first-order valence-corrected chi connectivity index (χ1v) is 6.68. The van der Waals surface area contributed by atoms with E-state index in [-0.39, 0.29) is 19.4 Å². The van der Waals surface area contributed by atoms with Crippen LogP contribution in [0.1, 0.15) is 19.0 Å². The van der Waals surface area contributed by atoms with E-state index in [4.69, 9.17) is 0 Å². The van der Waals surface area contributed by atoms with Crippen molar-refractivity contribution in [2.45, 2.75) is 37.6 Å². The van der Waals surface area contributed by atoms with Gasteiger partial charge < -0.3 is 0 Å². The quantitative estimate of drug-likeness (QED) is 0.483. The summed E-state index contributed by atoms with van der Waals surface area (Å²) in [5.74, 6) is 0. The fourth-order valence-corrected chi connectivity index (χ4v) is 2.51. The lowest BCUT2D eigenvalue weighted by Crippen LogP contribution is -2.51. The molecule has 3 unspecified atom stereocenters. The van der Waals surface area contributed by atoms with Gasteiger partial charge in [0.25, 0.3) is 0 Å². The Balaban J connectivity index is 2.76. The van der Waals surface area contributed by atoms with E-state index in [1.165, 1.54) is 18.2 Å². The highest BCUT2D eigenvalue weighted by atomic mass is 16.2. The molecule has 0 aliphatic carbocycles. The molecule has 0 fully saturated rings. The molecule has 1 N–H and O–H groups in total. The van der Waals surface area contributed by atoms with Gasteiger partial charge in [-0.2, -0.15) is 4.99 Å². The van der Waals surface area contributed by atoms with Gasteiger partial charge in [0, 0.05) is 6.42 Å². The molecular formula is C12H10N6O6. The van der Waals surface area contributed by atoms with Crippen molar-refractivity contribution in [1.82, 2.24) is 14.1 Å². The Morgan fingerprint density at radius 1 is 0.875 bits per heavy atom. The van der Waals surface area contributed by atoms with Crippen molar-refractivity contribution in [2.24, 2.45) is 15.0 Å². The number of carbonyl (C=O) groups excluding carboxylic acids is 3. The highest BCUT2D eigenvalue weighted by Crippen LogP contribution is 2.20. The van der Waals surface area contributed by atoms with Crippen LogP contribution >= 0.6 is 0 Å². The molecule has 2 heterocycles. The Labute approximate surface area is 131 Å². The lowest BCUT2D eigenvalue weighted by Gasteiger charge is -2.16. The number of isocyanates is 3. The molecule has 0 radical (unpaired) electrons. The maximum atomic E-state index is 12.4. The first kappa shape index (κ1) is 16.9. The zero-order valence-electron chi connectivity index (χ0n) is 12.0. The van der Waals surface area contributed by atoms with Crippen molar-refractivity contribution in [2.75, 3.05) is 0 Å². The van der Waals surface area contributed by atoms with E-state index in [1.807, 2.05) is 4.98 Å². The van der Waals surface area contributed by atoms with Crippen LogP contribution in [0, 0.1) is 0 Å². The highest BCUT2D eigenvalue weighted by molar-refractivity contribution is 5.35. The summed E-state index contributed by atoms with van der Waals surface area (Å²) in [5, 5.41) is 0. The Kier molecular flexibility index (Phi) is 5.08. The second-order valence-corrected chi connectivity index (χ2v) is 4.92. The van der Waals surface area contributed by atoms with Gasteiger partial charge in [0.2, 0.25) is 18.2 Å². The lowest BCUT2D eigenvalue weighted by molar-refractivity contribution is 0.391. The number of aliphatic imine (C=N–C) groups is 3. The number of nitrogens with one attached hydrogen (secondary N) is 1. The van der Waals surface area contributed by atoms with E-state index in [2.05, 4.69) is 15.0 Å². The molecule has 2 rings (SSSR count). The third kappa shape index (κ3) is 3.31. The van der Waals surface area contributed by atoms with Crippen LogP contribution in [-0.2, 0) is 20.9 Å². The van der Waals surface area contributed by atoms with Crippen molar-refractivity contribution in [3.63, 3.8) is 0 Å². The second kappa shape index (κ2) is 7.21. The summed E-state index contributed by atoms with van der Waals surface area (Å²) >= 11 is 0. The lowest BCUT2D eigenvalue weighted by atomic mass is 10.0. The van der Waals surface area contributed by atoms with Crippen LogP contribution in [0.5, 0.6) is 0 Å². The number of hydrogen-bond donors (Lipinski definition) is 1. The minimum Gasteiger partial charge on any atom is -0.259 e. The Bertz CT molecular complexity index is 953. The molecule has 0 spiro atoms. The molecule has 0 saturated heterocycles. The van der Waals surface area contributed by atoms with Crippen LogP contribution in [-0.4, -0.2) is 44.4 Å². The number of aromatic nitrogens is 3. The van der Waals surface area contributed by atoms with Gasteiger partial charge in [-0.3, -0.25) is 4.98 Å². The van der Waals surface area contributed by atoms with Crippen molar-refractivity contribution in [1.29, 1.82) is 0 Å². The highest BCUT2D eigenvalue weighted by Gasteiger charge is 2.28. The fourth-order valence-electron chi connectivity index (χ4n) is 2.51. The number of fused-ring (bicyclic) bond motifs is 2. The standard InChI is InChI=1S/C12H10N6O6/c19-4-13-7-1-8(14-5-20)3-17-10(22)16-11(23)18(12(17)24)9(2-7)15-6-21/h7-9H,1-3H2,(H,16,22,23). The molecule has 124 valence electrons. The average Bonchev–Trinajstić information content (AvgIpc) is 2.54. The molecule has 0 saturated carbocycles. The van der Waals surface area contributed by atoms with Crippen molar-refractivity contribution >= 4 is 18.2 Å². The average molecular weight is 334 g/mol. The minimum atomic E-state index is -1.33. The topological polar surface area (TPSA) is 165 Å². The van der Waals surface area contributed by atoms with E-state index in [1.54, 1.807) is 0 Å². The van der Waals surface area contributed by atoms with Crippen LogP contribution in [0.15, 0.2) is 29.4 Å². The molecule has 1 aromatic heterocycles. The van der Waals surface area contributed by atoms with Crippen LogP contribution in [0.2, 0.25) is 0 Å². The van der Waals surface area contributed by atoms with Gasteiger partial charge in [-0.05, 0) is 6.42 Å². The summed E-state index contributed by atoms with van der Waals surface area (Å²) in [6, 6.07) is -1.74. The predicted molar refractivity (Wildman–Crippen MR) is 75.8 cm³/mol. The van der Waals surface area contributed by atoms with E-state index in [9.17, 15) is 28.8 Å². The van der Waals surface area contributed by atoms with Gasteiger partial charge >= 0.3 is 17.1 Å². The van der Waals surface area contributed by atoms with Crippen molar-refractivity contribution in [3.05, 3.63) is 31.5 Å². The molecule has 1 aromatic rings. The molecule has 0 amide bonds. The summed E-state index contributed by atoms with van der Waals surface area (Å²) in [5.41, 5.74) is -3.11. The Morgan fingerprint density at radius 3 is 2.12 bits per heavy atom. The van der Waals surface area contributed by atoms with Crippen LogP contribution in [0.3, 0.4) is 0 Å². The molecule has 1 aliphatic heterocycles. The predicted octanol–water partition coefficient (Wildman–Crippen LogP) is -2.26. The number of hydrogen-bond acceptors (Lipinski definition) is 9. The van der Waals surface area contributed by atoms with Gasteiger partial charge in [0.1, 0.15) is 6.17 Å². The van der Waals surface area contributed by atoms with Crippen LogP contribution in [0.25, 0.3) is 0 Å². The first-order chi connectivity index (χ1) is 11.5. The minimum absolute atomic E-state index is 0.0194. The van der Waals surface area contributed by atoms with E-state index in [0.29, 0.717) is 9.13 Å². The Morgan fingerprint density at radius 2 is 1.50 bits per heavy atom. The first-order valence-electron chi connectivity index (χ1n) is 6.68. The van der Waals surface area contributed by atoms with Crippen molar-refractivity contribution < 1.29 is 14.4 Å². The summed E-state index contributed by atoms with van der Waals surface area (Å²) in [7, 11) is 0. The zero-order chi connectivity index (χ0) is 17.7. The molecule has 12 heteroatoms. The second-order valence-electron chi connectivity index (χ2n) is 4.92. The number of rotatable bonds is 3. The maximum Gasteiger partial charge on any atom is 0.338 e. The largest absolute Gasteiger partial charge is 0.338 e. The van der Waals surface area contributed by atoms with Gasteiger partial charge in [-0.25, -0.2) is 47.9 Å². The van der Waals surface area contributed by atoms with Crippen LogP contribution in [0.4, 0.5) is 0 Å². The van der Waals surface area contributed by atoms with Crippen molar-refractivity contribution in [3.8, 4) is 0 Å². The zero-order valence-corrected chi connectivity index (χ0v) is 12.0. The normalized spacial score (nSPS) is 22.6. The number of nitrogens with zero attached hydrogens (tertiary/aromatic N) is 5. The third-order valence-electron chi connectivity index (χ3n) is 3.51. The van der Waals surface area contributed by atoms with Gasteiger partial charge in [0.05, 0.1) is 18.6 Å². The number of aromatic amines is 1. The molecule has 24 heavy (non-hydrogen) atoms. The Hall–Kier alpha value is -3.45. The van der Waals surface area contributed by atoms with E-state index < -0.39 is 35.3 Å². The molecule has 2 bridgehead atoms. The summed E-state index contributed by atoms with van der Waals surface area (Å²) in [4.78, 5) is 80.2. The molecule has 3 atom stereocenters. The molecule has 0 aromatic carbocycles. The third-order valence-corrected chi connectivity index (χ3v) is 3.51. The SMILES string of the molecule is O=C=NC1CC(N=C=O)Cn2c(=O)[nH]c(=O)n(c2=O)C(N=C=O)C1. The summed E-state index contributed by atoms with van der Waals surface area (Å²) in [6.07, 6.45) is 2.34. The summed E-state index contributed by atoms with van der Waals surface area (Å²) < 4.78 is 1.19. The molecule has 12 nitrogen and oxygen atoms in total. The van der Waals surface area contributed by atoms with Gasteiger partial charge in [-0.15, -0.1) is 0 Å². The van der Waals surface area contributed by atoms with Crippen LogP contribution < -0.4 is 17.1 Å². The maximum absolute atomic E-state index is 12.4. The monoisotopic (exact) mass is 334 g/mol. The van der Waals surface area contributed by atoms with Gasteiger partial charge in [-0.1, -0.05) is 0 Å². The smallest absolute Gasteiger partial charge is 0.259 e. The molecule has 1 aliphatic rings.